The molecule has 2 aromatic rings. The number of carbonyl (C=O) groups is 2. The summed E-state index contributed by atoms with van der Waals surface area (Å²) in [5, 5.41) is 0.640. The number of aromatic nitrogens is 1. The number of benzene rings is 1. The second-order valence-corrected chi connectivity index (χ2v) is 9.19. The lowest BCUT2D eigenvalue weighted by Crippen LogP contribution is -2.48. The average molecular weight is 416 g/mol. The average Bonchev–Trinajstić information content (AvgIpc) is 3.13. The fraction of sp³-hybridized carbons (Fsp3) is 0.478. The van der Waals surface area contributed by atoms with Gasteiger partial charge in [-0.3, -0.25) is 9.59 Å². The van der Waals surface area contributed by atoms with E-state index in [-0.39, 0.29) is 29.8 Å². The molecule has 1 aliphatic rings. The van der Waals surface area contributed by atoms with Crippen molar-refractivity contribution in [2.75, 3.05) is 19.6 Å². The minimum atomic E-state index is -0.253. The first kappa shape index (κ1) is 21.4. The Labute approximate surface area is 178 Å². The van der Waals surface area contributed by atoms with E-state index >= 15 is 0 Å². The van der Waals surface area contributed by atoms with Crippen LogP contribution >= 0.6 is 11.6 Å². The van der Waals surface area contributed by atoms with Gasteiger partial charge in [-0.25, -0.2) is 0 Å². The molecular formula is C23H30ClN3O2. The van der Waals surface area contributed by atoms with Crippen molar-refractivity contribution in [2.24, 2.45) is 5.41 Å². The number of carbonyl (C=O) groups excluding carboxylic acids is 2. The molecule has 1 atom stereocenters. The molecule has 1 aromatic carbocycles. The second kappa shape index (κ2) is 8.62. The lowest BCUT2D eigenvalue weighted by molar-refractivity contribution is -0.142. The summed E-state index contributed by atoms with van der Waals surface area (Å²) < 4.78 is 2.17. The van der Waals surface area contributed by atoms with E-state index in [4.69, 9.17) is 11.6 Å². The van der Waals surface area contributed by atoms with Gasteiger partial charge in [-0.1, -0.05) is 50.6 Å². The van der Waals surface area contributed by atoms with Gasteiger partial charge in [0.1, 0.15) is 0 Å². The normalized spacial score (nSPS) is 16.4. The predicted octanol–water partition coefficient (Wildman–Crippen LogP) is 4.36. The van der Waals surface area contributed by atoms with E-state index in [1.807, 2.05) is 75.2 Å². The van der Waals surface area contributed by atoms with Crippen LogP contribution in [0.3, 0.4) is 0 Å². The van der Waals surface area contributed by atoms with Gasteiger partial charge in [0.2, 0.25) is 11.8 Å². The molecule has 1 unspecified atom stereocenters. The van der Waals surface area contributed by atoms with Crippen LogP contribution in [0.2, 0.25) is 5.02 Å². The summed E-state index contributed by atoms with van der Waals surface area (Å²) >= 11 is 6.51. The first-order chi connectivity index (χ1) is 13.7. The molecular weight excluding hydrogens is 386 g/mol. The Hall–Kier alpha value is -2.27. The SMILES string of the molecule is CCN(CC(=O)N1CCn2cccc2C1c1ccccc1Cl)C(=O)CC(C)(C)C. The molecule has 3 rings (SSSR count). The Balaban J connectivity index is 1.87. The minimum absolute atomic E-state index is 0.0167. The second-order valence-electron chi connectivity index (χ2n) is 8.78. The molecule has 6 heteroatoms. The summed E-state index contributed by atoms with van der Waals surface area (Å²) in [6.45, 7) is 9.94. The highest BCUT2D eigenvalue weighted by Crippen LogP contribution is 2.36. The first-order valence-corrected chi connectivity index (χ1v) is 10.6. The molecule has 5 nitrogen and oxygen atoms in total. The van der Waals surface area contributed by atoms with E-state index < -0.39 is 0 Å². The number of amides is 2. The zero-order valence-electron chi connectivity index (χ0n) is 17.7. The third kappa shape index (κ3) is 4.84. The van der Waals surface area contributed by atoms with E-state index in [0.717, 1.165) is 17.8 Å². The van der Waals surface area contributed by atoms with Gasteiger partial charge < -0.3 is 14.4 Å². The van der Waals surface area contributed by atoms with E-state index in [2.05, 4.69) is 4.57 Å². The van der Waals surface area contributed by atoms with E-state index in [0.29, 0.717) is 24.5 Å². The summed E-state index contributed by atoms with van der Waals surface area (Å²) in [5.41, 5.74) is 1.84. The van der Waals surface area contributed by atoms with Crippen LogP contribution in [-0.2, 0) is 16.1 Å². The Morgan fingerprint density at radius 2 is 1.86 bits per heavy atom. The van der Waals surface area contributed by atoms with Crippen LogP contribution in [-0.4, -0.2) is 45.8 Å². The van der Waals surface area contributed by atoms with Gasteiger partial charge in [-0.2, -0.15) is 0 Å². The summed E-state index contributed by atoms with van der Waals surface area (Å²) in [5.74, 6) is -0.0329. The summed E-state index contributed by atoms with van der Waals surface area (Å²) in [6.07, 6.45) is 2.46. The van der Waals surface area contributed by atoms with Crippen molar-refractivity contribution in [3.05, 3.63) is 58.9 Å². The Bertz CT molecular complexity index is 884. The number of likely N-dealkylation sites (N-methyl/N-ethyl adjacent to an activating group) is 1. The molecule has 1 aliphatic heterocycles. The molecule has 0 saturated heterocycles. The van der Waals surface area contributed by atoms with Gasteiger partial charge in [-0.05, 0) is 36.1 Å². The van der Waals surface area contributed by atoms with Crippen LogP contribution in [0.4, 0.5) is 0 Å². The van der Waals surface area contributed by atoms with Gasteiger partial charge in [0.15, 0.2) is 0 Å². The molecule has 0 radical (unpaired) electrons. The molecule has 29 heavy (non-hydrogen) atoms. The maximum absolute atomic E-state index is 13.3. The number of nitrogens with zero attached hydrogens (tertiary/aromatic N) is 3. The molecule has 0 saturated carbocycles. The van der Waals surface area contributed by atoms with Crippen molar-refractivity contribution in [3.63, 3.8) is 0 Å². The standard InChI is InChI=1S/C23H30ClN3O2/c1-5-25(20(28)15-23(2,3)4)16-21(29)27-14-13-26-12-8-11-19(26)22(27)17-9-6-7-10-18(17)24/h6-12,22H,5,13-16H2,1-4H3. The van der Waals surface area contributed by atoms with Gasteiger partial charge in [0.25, 0.3) is 0 Å². The smallest absolute Gasteiger partial charge is 0.243 e. The lowest BCUT2D eigenvalue weighted by Gasteiger charge is -2.39. The van der Waals surface area contributed by atoms with Crippen LogP contribution in [0.15, 0.2) is 42.6 Å². The maximum Gasteiger partial charge on any atom is 0.243 e. The Morgan fingerprint density at radius 1 is 1.14 bits per heavy atom. The van der Waals surface area contributed by atoms with Crippen molar-refractivity contribution in [2.45, 2.75) is 46.7 Å². The van der Waals surface area contributed by atoms with Crippen molar-refractivity contribution in [1.29, 1.82) is 0 Å². The van der Waals surface area contributed by atoms with Crippen LogP contribution in [0.25, 0.3) is 0 Å². The van der Waals surface area contributed by atoms with Crippen LogP contribution in [0.1, 0.15) is 51.4 Å². The topological polar surface area (TPSA) is 45.6 Å². The fourth-order valence-corrected chi connectivity index (χ4v) is 4.11. The molecule has 0 fully saturated rings. The monoisotopic (exact) mass is 415 g/mol. The number of hydrogen-bond acceptors (Lipinski definition) is 2. The van der Waals surface area contributed by atoms with E-state index in [1.54, 1.807) is 4.90 Å². The summed E-state index contributed by atoms with van der Waals surface area (Å²) in [7, 11) is 0. The molecule has 0 spiro atoms. The van der Waals surface area contributed by atoms with E-state index in [9.17, 15) is 9.59 Å². The quantitative estimate of drug-likeness (QED) is 0.728. The molecule has 0 aliphatic carbocycles. The molecule has 0 bridgehead atoms. The molecule has 0 N–H and O–H groups in total. The fourth-order valence-electron chi connectivity index (χ4n) is 3.87. The number of fused-ring (bicyclic) bond motifs is 1. The number of hydrogen-bond donors (Lipinski definition) is 0. The molecule has 1 aromatic heterocycles. The highest BCUT2D eigenvalue weighted by Gasteiger charge is 2.34. The van der Waals surface area contributed by atoms with Crippen molar-refractivity contribution < 1.29 is 9.59 Å². The predicted molar refractivity (Wildman–Crippen MR) is 116 cm³/mol. The van der Waals surface area contributed by atoms with Crippen molar-refractivity contribution in [3.8, 4) is 0 Å². The van der Waals surface area contributed by atoms with Crippen LogP contribution in [0, 0.1) is 5.41 Å². The van der Waals surface area contributed by atoms with Gasteiger partial charge >= 0.3 is 0 Å². The maximum atomic E-state index is 13.3. The zero-order chi connectivity index (χ0) is 21.2. The summed E-state index contributed by atoms with van der Waals surface area (Å²) in [6, 6.07) is 11.4. The largest absolute Gasteiger partial charge is 0.348 e. The highest BCUT2D eigenvalue weighted by atomic mass is 35.5. The third-order valence-electron chi connectivity index (χ3n) is 5.30. The molecule has 2 amide bonds. The van der Waals surface area contributed by atoms with Crippen LogP contribution < -0.4 is 0 Å². The van der Waals surface area contributed by atoms with Gasteiger partial charge in [0.05, 0.1) is 12.6 Å². The highest BCUT2D eigenvalue weighted by molar-refractivity contribution is 6.31. The Morgan fingerprint density at radius 3 is 2.52 bits per heavy atom. The Kier molecular flexibility index (Phi) is 6.37. The molecule has 2 heterocycles. The van der Waals surface area contributed by atoms with Crippen LogP contribution in [0.5, 0.6) is 0 Å². The van der Waals surface area contributed by atoms with Crippen molar-refractivity contribution >= 4 is 23.4 Å². The minimum Gasteiger partial charge on any atom is -0.348 e. The van der Waals surface area contributed by atoms with Gasteiger partial charge in [-0.15, -0.1) is 0 Å². The first-order valence-electron chi connectivity index (χ1n) is 10.2. The van der Waals surface area contributed by atoms with Crippen molar-refractivity contribution in [1.82, 2.24) is 14.4 Å². The lowest BCUT2D eigenvalue weighted by atomic mass is 9.91. The van der Waals surface area contributed by atoms with Gasteiger partial charge in [0, 0.05) is 43.0 Å². The third-order valence-corrected chi connectivity index (χ3v) is 5.64. The molecule has 156 valence electrons. The summed E-state index contributed by atoms with van der Waals surface area (Å²) in [4.78, 5) is 29.6. The number of halogens is 1. The number of rotatable bonds is 5. The zero-order valence-corrected chi connectivity index (χ0v) is 18.4. The van der Waals surface area contributed by atoms with E-state index in [1.165, 1.54) is 0 Å².